The van der Waals surface area contributed by atoms with Gasteiger partial charge in [-0.25, -0.2) is 4.79 Å². The molecule has 0 fully saturated rings. The van der Waals surface area contributed by atoms with Gasteiger partial charge in [-0.2, -0.15) is 0 Å². The average molecular weight is 564 g/mol. The first-order chi connectivity index (χ1) is 13.3. The number of rotatable bonds is 10. The fourth-order valence-electron chi connectivity index (χ4n) is 1.39. The van der Waals surface area contributed by atoms with Crippen molar-refractivity contribution < 1.29 is 77.8 Å². The molecule has 0 saturated heterocycles. The summed E-state index contributed by atoms with van der Waals surface area (Å²) in [7, 11) is 20.1. The van der Waals surface area contributed by atoms with Crippen LogP contribution in [0.4, 0.5) is 0 Å². The normalized spacial score (nSPS) is 15.3. The van der Waals surface area contributed by atoms with E-state index in [1.54, 1.807) is 0 Å². The SMILES string of the molecule is O=C(O)CC(O)(CC(=O)O)C(=O)O.OC[C@@H](O)[C@@H](O)[C@H](O)[C@@H](O)CO.[Cl][Ti]([Cl])([Cl])[Cl]. The zero-order chi connectivity index (χ0) is 24.9. The summed E-state index contributed by atoms with van der Waals surface area (Å²) in [6.45, 7) is -1.45. The van der Waals surface area contributed by atoms with E-state index in [1.165, 1.54) is 0 Å². The first kappa shape index (κ1) is 34.6. The van der Waals surface area contributed by atoms with E-state index in [9.17, 15) is 14.4 Å². The van der Waals surface area contributed by atoms with Crippen LogP contribution in [0.3, 0.4) is 0 Å². The van der Waals surface area contributed by atoms with Crippen molar-refractivity contribution in [1.29, 1.82) is 0 Å². The first-order valence-electron chi connectivity index (χ1n) is 7.41. The van der Waals surface area contributed by atoms with Crippen molar-refractivity contribution in [3.05, 3.63) is 0 Å². The molecule has 10 N–H and O–H groups in total. The molecule has 0 aromatic heterocycles. The van der Waals surface area contributed by atoms with E-state index in [0.29, 0.717) is 0 Å². The molecule has 0 aliphatic heterocycles. The Bertz CT molecular complexity index is 497. The predicted octanol–water partition coefficient (Wildman–Crippen LogP) is -2.08. The van der Waals surface area contributed by atoms with Gasteiger partial charge in [0.2, 0.25) is 0 Å². The van der Waals surface area contributed by atoms with Crippen LogP contribution in [-0.4, -0.2) is 112 Å². The summed E-state index contributed by atoms with van der Waals surface area (Å²) >= 11 is -3.11. The van der Waals surface area contributed by atoms with Crippen LogP contribution in [0.25, 0.3) is 0 Å². The molecule has 0 spiro atoms. The van der Waals surface area contributed by atoms with Crippen molar-refractivity contribution in [3.63, 3.8) is 0 Å². The quantitative estimate of drug-likeness (QED) is 0.128. The topological polar surface area (TPSA) is 254 Å². The molecule has 0 radical (unpaired) electrons. The van der Waals surface area contributed by atoms with E-state index in [-0.39, 0.29) is 0 Å². The van der Waals surface area contributed by atoms with E-state index < -0.39 is 86.3 Å². The van der Waals surface area contributed by atoms with Crippen molar-refractivity contribution >= 4 is 55.1 Å². The fourth-order valence-corrected chi connectivity index (χ4v) is 1.39. The molecule has 0 bridgehead atoms. The molecule has 30 heavy (non-hydrogen) atoms. The Morgan fingerprint density at radius 1 is 0.733 bits per heavy atom. The van der Waals surface area contributed by atoms with E-state index in [0.717, 1.165) is 0 Å². The fraction of sp³-hybridized carbons (Fsp3) is 0.750. The second-order valence-corrected chi connectivity index (χ2v) is 20.9. The average Bonchev–Trinajstić information content (AvgIpc) is 2.56. The number of aliphatic hydroxyl groups excluding tert-OH is 6. The molecule has 0 aliphatic carbocycles. The molecule has 0 unspecified atom stereocenters. The Morgan fingerprint density at radius 3 is 1.10 bits per heavy atom. The van der Waals surface area contributed by atoms with Crippen molar-refractivity contribution in [2.24, 2.45) is 0 Å². The number of halogens is 4. The molecule has 0 aliphatic rings. The van der Waals surface area contributed by atoms with Gasteiger partial charge < -0.3 is 51.1 Å². The van der Waals surface area contributed by atoms with Crippen LogP contribution in [0.1, 0.15) is 12.8 Å². The summed E-state index contributed by atoms with van der Waals surface area (Å²) in [4.78, 5) is 30.5. The number of aliphatic hydroxyl groups is 7. The molecule has 0 amide bonds. The zero-order valence-electron chi connectivity index (χ0n) is 14.8. The van der Waals surface area contributed by atoms with Gasteiger partial charge in [-0.05, 0) is 0 Å². The maximum absolute atomic E-state index is 10.3. The minimum absolute atomic E-state index is 0.726. The summed E-state index contributed by atoms with van der Waals surface area (Å²) in [6, 6.07) is 0. The number of aliphatic carboxylic acids is 3. The molecule has 0 heterocycles. The standard InChI is InChI=1S/C6H8O7.C6H14O6.4ClH.Ti/c7-3(8)1-6(13,5(11)12)2-4(9)10;7-1-3(9)5(11)6(12)4(10)2-8;;;;;/h13H,1-2H2,(H,7,8)(H,9,10)(H,11,12);3-12H,1-2H2;4*1H;/q;;;;;;+4/p-4/t;3-,4+,5-,6-;;;;;/m.1...../s1. The second-order valence-electron chi connectivity index (χ2n) is 5.39. The number of hydrogen-bond acceptors (Lipinski definition) is 10. The van der Waals surface area contributed by atoms with Crippen LogP contribution in [0.5, 0.6) is 0 Å². The summed E-state index contributed by atoms with van der Waals surface area (Å²) < 4.78 is 0. The van der Waals surface area contributed by atoms with E-state index in [4.69, 9.17) is 88.3 Å². The maximum atomic E-state index is 10.3. The van der Waals surface area contributed by atoms with Gasteiger partial charge in [0, 0.05) is 0 Å². The Morgan fingerprint density at radius 2 is 0.967 bits per heavy atom. The van der Waals surface area contributed by atoms with E-state index >= 15 is 0 Å². The molecule has 0 rings (SSSR count). The Hall–Kier alpha value is 0.00429. The summed E-state index contributed by atoms with van der Waals surface area (Å²) in [5.74, 6) is -5.02. The van der Waals surface area contributed by atoms with Gasteiger partial charge in [0.1, 0.15) is 24.4 Å². The Balaban J connectivity index is -0.000000399. The Labute approximate surface area is 188 Å². The molecule has 0 saturated carbocycles. The van der Waals surface area contributed by atoms with Gasteiger partial charge in [0.15, 0.2) is 5.60 Å². The van der Waals surface area contributed by atoms with Gasteiger partial charge >= 0.3 is 67.5 Å². The van der Waals surface area contributed by atoms with Gasteiger partial charge in [0.05, 0.1) is 26.1 Å². The third-order valence-electron chi connectivity index (χ3n) is 2.80. The van der Waals surface area contributed by atoms with Crippen molar-refractivity contribution in [3.8, 4) is 0 Å². The van der Waals surface area contributed by atoms with Crippen LogP contribution < -0.4 is 0 Å². The first-order valence-corrected chi connectivity index (χ1v) is 16.0. The molecular formula is C12H22Cl4O13Ti. The van der Waals surface area contributed by atoms with Crippen LogP contribution in [0, 0.1) is 0 Å². The summed E-state index contributed by atoms with van der Waals surface area (Å²) in [6.07, 6.45) is -8.68. The van der Waals surface area contributed by atoms with Crippen LogP contribution in [0.15, 0.2) is 0 Å². The van der Waals surface area contributed by atoms with E-state index in [2.05, 4.69) is 0 Å². The van der Waals surface area contributed by atoms with Crippen molar-refractivity contribution in [2.75, 3.05) is 13.2 Å². The van der Waals surface area contributed by atoms with Crippen LogP contribution in [-0.2, 0) is 26.7 Å². The number of hydrogen-bond donors (Lipinski definition) is 10. The molecule has 180 valence electrons. The van der Waals surface area contributed by atoms with Crippen LogP contribution >= 0.6 is 37.2 Å². The Kier molecular flexibility index (Phi) is 19.2. The summed E-state index contributed by atoms with van der Waals surface area (Å²) in [5.41, 5.74) is -2.74. The third kappa shape index (κ3) is 19.9. The molecule has 13 nitrogen and oxygen atoms in total. The zero-order valence-corrected chi connectivity index (χ0v) is 19.4. The van der Waals surface area contributed by atoms with Gasteiger partial charge in [-0.3, -0.25) is 9.59 Å². The molecule has 4 atom stereocenters. The minimum atomic E-state index is -3.11. The van der Waals surface area contributed by atoms with Crippen molar-refractivity contribution in [2.45, 2.75) is 42.9 Å². The predicted molar refractivity (Wildman–Crippen MR) is 98.7 cm³/mol. The second kappa shape index (κ2) is 16.6. The summed E-state index contributed by atoms with van der Waals surface area (Å²) in [5, 5.41) is 86.0. The monoisotopic (exact) mass is 562 g/mol. The molecular weight excluding hydrogens is 542 g/mol. The van der Waals surface area contributed by atoms with Gasteiger partial charge in [0.25, 0.3) is 0 Å². The van der Waals surface area contributed by atoms with Crippen LogP contribution in [0.2, 0.25) is 0 Å². The molecule has 0 aromatic rings. The van der Waals surface area contributed by atoms with E-state index in [1.807, 2.05) is 0 Å². The van der Waals surface area contributed by atoms with Crippen molar-refractivity contribution in [1.82, 2.24) is 0 Å². The van der Waals surface area contributed by atoms with Gasteiger partial charge in [-0.1, -0.05) is 0 Å². The number of carbonyl (C=O) groups is 3. The molecule has 0 aromatic carbocycles. The number of carboxylic acid groups (broad SMARTS) is 3. The third-order valence-corrected chi connectivity index (χ3v) is 2.80. The number of carboxylic acids is 3. The van der Waals surface area contributed by atoms with Gasteiger partial charge in [-0.15, -0.1) is 0 Å². The molecule has 18 heteroatoms.